The Labute approximate surface area is 109 Å². The van der Waals surface area contributed by atoms with Crippen molar-refractivity contribution in [1.82, 2.24) is 0 Å². The fourth-order valence-corrected chi connectivity index (χ4v) is 2.35. The molecule has 1 aromatic rings. The van der Waals surface area contributed by atoms with Crippen LogP contribution in [-0.4, -0.2) is 19.8 Å². The van der Waals surface area contributed by atoms with E-state index in [1.54, 1.807) is 0 Å². The third-order valence-electron chi connectivity index (χ3n) is 2.82. The molecular formula is C14H22O2S. The van der Waals surface area contributed by atoms with Crippen molar-refractivity contribution in [2.45, 2.75) is 32.1 Å². The van der Waals surface area contributed by atoms with Gasteiger partial charge in [0.05, 0.1) is 6.61 Å². The van der Waals surface area contributed by atoms with E-state index in [4.69, 9.17) is 8.92 Å². The summed E-state index contributed by atoms with van der Waals surface area (Å²) in [5.74, 6) is 0.673. The van der Waals surface area contributed by atoms with Gasteiger partial charge in [-0.05, 0) is 37.8 Å². The first-order chi connectivity index (χ1) is 7.84. The van der Waals surface area contributed by atoms with E-state index in [-0.39, 0.29) is 7.43 Å². The fourth-order valence-electron chi connectivity index (χ4n) is 1.71. The molecule has 0 aromatic heterocycles. The zero-order valence-corrected chi connectivity index (χ0v) is 10.5. The molecule has 17 heavy (non-hydrogen) atoms. The summed E-state index contributed by atoms with van der Waals surface area (Å²) in [7, 11) is 0. The lowest BCUT2D eigenvalue weighted by Crippen LogP contribution is -2.18. The SMILES string of the molecule is C.Cc1ccc(SOCC2CCOCC2)cc1. The summed E-state index contributed by atoms with van der Waals surface area (Å²) in [6.07, 6.45) is 2.27. The van der Waals surface area contributed by atoms with Crippen LogP contribution >= 0.6 is 12.0 Å². The van der Waals surface area contributed by atoms with Crippen LogP contribution in [0, 0.1) is 12.8 Å². The van der Waals surface area contributed by atoms with Crippen molar-refractivity contribution < 1.29 is 8.92 Å². The third-order valence-corrected chi connectivity index (χ3v) is 3.54. The summed E-state index contributed by atoms with van der Waals surface area (Å²) in [5.41, 5.74) is 1.29. The van der Waals surface area contributed by atoms with E-state index in [1.807, 2.05) is 0 Å². The average Bonchev–Trinajstić information content (AvgIpc) is 2.33. The molecule has 1 saturated heterocycles. The zero-order valence-electron chi connectivity index (χ0n) is 9.65. The molecule has 0 radical (unpaired) electrons. The van der Waals surface area contributed by atoms with Crippen LogP contribution in [0.5, 0.6) is 0 Å². The van der Waals surface area contributed by atoms with Crippen LogP contribution in [0.1, 0.15) is 25.8 Å². The molecular weight excluding hydrogens is 232 g/mol. The molecule has 96 valence electrons. The number of hydrogen-bond donors (Lipinski definition) is 0. The molecule has 0 N–H and O–H groups in total. The van der Waals surface area contributed by atoms with E-state index in [9.17, 15) is 0 Å². The molecule has 0 atom stereocenters. The van der Waals surface area contributed by atoms with Crippen LogP contribution in [0.15, 0.2) is 29.2 Å². The predicted octanol–water partition coefficient (Wildman–Crippen LogP) is 4.08. The van der Waals surface area contributed by atoms with Gasteiger partial charge in [-0.25, -0.2) is 0 Å². The molecule has 0 spiro atoms. The Hall–Kier alpha value is -0.510. The maximum absolute atomic E-state index is 5.66. The first-order valence-electron chi connectivity index (χ1n) is 5.78. The summed E-state index contributed by atoms with van der Waals surface area (Å²) >= 11 is 1.48. The van der Waals surface area contributed by atoms with Gasteiger partial charge in [0.1, 0.15) is 0 Å². The maximum Gasteiger partial charge on any atom is 0.0648 e. The van der Waals surface area contributed by atoms with Gasteiger partial charge in [0.15, 0.2) is 0 Å². The predicted molar refractivity (Wildman–Crippen MR) is 73.3 cm³/mol. The summed E-state index contributed by atoms with van der Waals surface area (Å²) in [5, 5.41) is 0. The zero-order chi connectivity index (χ0) is 11.2. The van der Waals surface area contributed by atoms with Crippen LogP contribution < -0.4 is 0 Å². The number of aryl methyl sites for hydroxylation is 1. The van der Waals surface area contributed by atoms with Crippen molar-refractivity contribution in [3.63, 3.8) is 0 Å². The molecule has 3 heteroatoms. The molecule has 1 fully saturated rings. The van der Waals surface area contributed by atoms with E-state index in [0.717, 1.165) is 32.7 Å². The van der Waals surface area contributed by atoms with E-state index in [1.165, 1.54) is 22.5 Å². The van der Waals surface area contributed by atoms with E-state index in [2.05, 4.69) is 31.2 Å². The minimum Gasteiger partial charge on any atom is -0.381 e. The molecule has 1 aliphatic rings. The molecule has 2 rings (SSSR count). The second kappa shape index (κ2) is 7.75. The van der Waals surface area contributed by atoms with Crippen molar-refractivity contribution in [3.05, 3.63) is 29.8 Å². The first-order valence-corrected chi connectivity index (χ1v) is 6.52. The number of ether oxygens (including phenoxy) is 1. The molecule has 2 nitrogen and oxygen atoms in total. The quantitative estimate of drug-likeness (QED) is 0.754. The fraction of sp³-hybridized carbons (Fsp3) is 0.571. The van der Waals surface area contributed by atoms with Crippen LogP contribution in [0.2, 0.25) is 0 Å². The van der Waals surface area contributed by atoms with Gasteiger partial charge in [0.2, 0.25) is 0 Å². The average molecular weight is 254 g/mol. The lowest BCUT2D eigenvalue weighted by Gasteiger charge is -2.21. The van der Waals surface area contributed by atoms with Crippen molar-refractivity contribution in [3.8, 4) is 0 Å². The van der Waals surface area contributed by atoms with E-state index in [0.29, 0.717) is 5.92 Å². The van der Waals surface area contributed by atoms with Gasteiger partial charge >= 0.3 is 0 Å². The van der Waals surface area contributed by atoms with Gasteiger partial charge < -0.3 is 8.92 Å². The van der Waals surface area contributed by atoms with Gasteiger partial charge in [-0.15, -0.1) is 0 Å². The van der Waals surface area contributed by atoms with Crippen LogP contribution in [-0.2, 0) is 8.92 Å². The minimum absolute atomic E-state index is 0. The summed E-state index contributed by atoms with van der Waals surface area (Å²) in [4.78, 5) is 1.18. The third kappa shape index (κ3) is 5.11. The molecule has 0 bridgehead atoms. The topological polar surface area (TPSA) is 18.5 Å². The monoisotopic (exact) mass is 254 g/mol. The molecule has 1 heterocycles. The molecule has 0 amide bonds. The van der Waals surface area contributed by atoms with Crippen molar-refractivity contribution in [1.29, 1.82) is 0 Å². The van der Waals surface area contributed by atoms with Crippen LogP contribution in [0.4, 0.5) is 0 Å². The Morgan fingerprint density at radius 1 is 1.24 bits per heavy atom. The van der Waals surface area contributed by atoms with E-state index < -0.39 is 0 Å². The molecule has 0 unspecified atom stereocenters. The van der Waals surface area contributed by atoms with Gasteiger partial charge in [-0.2, -0.15) is 0 Å². The number of benzene rings is 1. The Balaban J connectivity index is 0.00000144. The molecule has 0 aliphatic carbocycles. The van der Waals surface area contributed by atoms with Gasteiger partial charge in [0.25, 0.3) is 0 Å². The molecule has 0 saturated carbocycles. The Morgan fingerprint density at radius 2 is 1.88 bits per heavy atom. The van der Waals surface area contributed by atoms with Crippen LogP contribution in [0.3, 0.4) is 0 Å². The van der Waals surface area contributed by atoms with Gasteiger partial charge in [0, 0.05) is 30.2 Å². The lowest BCUT2D eigenvalue weighted by atomic mass is 10.0. The second-order valence-corrected chi connectivity index (χ2v) is 5.11. The highest BCUT2D eigenvalue weighted by molar-refractivity contribution is 7.94. The smallest absolute Gasteiger partial charge is 0.0648 e. The first kappa shape index (κ1) is 14.6. The van der Waals surface area contributed by atoms with Crippen LogP contribution in [0.25, 0.3) is 0 Å². The summed E-state index contributed by atoms with van der Waals surface area (Å²) in [6.45, 7) is 4.71. The highest BCUT2D eigenvalue weighted by Gasteiger charge is 2.13. The molecule has 1 aromatic carbocycles. The highest BCUT2D eigenvalue weighted by Crippen LogP contribution is 2.23. The maximum atomic E-state index is 5.66. The van der Waals surface area contributed by atoms with Crippen molar-refractivity contribution in [2.24, 2.45) is 5.92 Å². The summed E-state index contributed by atoms with van der Waals surface area (Å²) in [6, 6.07) is 8.42. The van der Waals surface area contributed by atoms with Crippen molar-refractivity contribution in [2.75, 3.05) is 19.8 Å². The van der Waals surface area contributed by atoms with Gasteiger partial charge in [-0.1, -0.05) is 25.1 Å². The standard InChI is InChI=1S/C13H18O2S.CH4/c1-11-2-4-13(5-3-11)16-15-10-12-6-8-14-9-7-12;/h2-5,12H,6-10H2,1H3;1H4. The van der Waals surface area contributed by atoms with Crippen molar-refractivity contribution >= 4 is 12.0 Å². The van der Waals surface area contributed by atoms with Gasteiger partial charge in [-0.3, -0.25) is 0 Å². The number of hydrogen-bond acceptors (Lipinski definition) is 3. The lowest BCUT2D eigenvalue weighted by molar-refractivity contribution is 0.0528. The Morgan fingerprint density at radius 3 is 2.53 bits per heavy atom. The Kier molecular flexibility index (Phi) is 6.63. The Bertz CT molecular complexity index is 305. The number of rotatable bonds is 4. The normalized spacial score (nSPS) is 16.5. The highest BCUT2D eigenvalue weighted by atomic mass is 32.2. The minimum atomic E-state index is 0. The van der Waals surface area contributed by atoms with E-state index >= 15 is 0 Å². The largest absolute Gasteiger partial charge is 0.381 e. The second-order valence-electron chi connectivity index (χ2n) is 4.24. The summed E-state index contributed by atoms with van der Waals surface area (Å²) < 4.78 is 11.0. The molecule has 1 aliphatic heterocycles.